The fourth-order valence-electron chi connectivity index (χ4n) is 4.08. The van der Waals surface area contributed by atoms with Gasteiger partial charge in [0.05, 0.1) is 18.1 Å². The molecule has 0 N–H and O–H groups in total. The number of non-ortho nitro benzene ring substituents is 1. The lowest BCUT2D eigenvalue weighted by molar-refractivity contribution is -0.384. The van der Waals surface area contributed by atoms with Crippen LogP contribution in [0, 0.1) is 10.1 Å². The summed E-state index contributed by atoms with van der Waals surface area (Å²) in [5.74, 6) is 1.73. The van der Waals surface area contributed by atoms with Gasteiger partial charge in [0.25, 0.3) is 5.69 Å². The summed E-state index contributed by atoms with van der Waals surface area (Å²) in [6.07, 6.45) is 3.95. The van der Waals surface area contributed by atoms with Crippen LogP contribution in [0.5, 0.6) is 0 Å². The molecule has 0 spiro atoms. The van der Waals surface area contributed by atoms with Crippen molar-refractivity contribution < 1.29 is 9.66 Å². The molecule has 2 aliphatic rings. The molecule has 2 aromatic rings. The molecule has 9 heteroatoms. The minimum atomic E-state index is -0.358. The number of nitrogens with zero attached hydrogens (tertiary/aromatic N) is 6. The van der Waals surface area contributed by atoms with Crippen molar-refractivity contribution in [1.82, 2.24) is 14.9 Å². The van der Waals surface area contributed by atoms with Crippen LogP contribution in [-0.2, 0) is 11.3 Å². The van der Waals surface area contributed by atoms with Gasteiger partial charge in [0, 0.05) is 64.1 Å². The first kappa shape index (κ1) is 20.5. The van der Waals surface area contributed by atoms with Crippen molar-refractivity contribution in [2.45, 2.75) is 25.4 Å². The van der Waals surface area contributed by atoms with Gasteiger partial charge in [-0.05, 0) is 24.5 Å². The molecule has 0 radical (unpaired) electrons. The van der Waals surface area contributed by atoms with Crippen molar-refractivity contribution >= 4 is 17.5 Å². The number of ether oxygens (including phenoxy) is 1. The number of piperidine rings is 1. The topological polar surface area (TPSA) is 87.9 Å². The van der Waals surface area contributed by atoms with E-state index in [9.17, 15) is 10.1 Å². The Labute approximate surface area is 176 Å². The first-order chi connectivity index (χ1) is 14.6. The van der Waals surface area contributed by atoms with Crippen molar-refractivity contribution in [2.75, 3.05) is 56.2 Å². The number of anilines is 2. The van der Waals surface area contributed by atoms with Crippen LogP contribution < -0.4 is 9.80 Å². The number of aromatic nitrogens is 2. The Kier molecular flexibility index (Phi) is 6.39. The predicted molar refractivity (Wildman–Crippen MR) is 115 cm³/mol. The van der Waals surface area contributed by atoms with E-state index in [1.54, 1.807) is 12.1 Å². The van der Waals surface area contributed by atoms with Gasteiger partial charge in [-0.1, -0.05) is 12.1 Å². The molecule has 0 bridgehead atoms. The zero-order valence-electron chi connectivity index (χ0n) is 17.3. The van der Waals surface area contributed by atoms with Gasteiger partial charge in [0.15, 0.2) is 0 Å². The van der Waals surface area contributed by atoms with E-state index in [2.05, 4.69) is 26.7 Å². The van der Waals surface area contributed by atoms with E-state index < -0.39 is 0 Å². The molecule has 1 aromatic heterocycles. The van der Waals surface area contributed by atoms with Gasteiger partial charge in [0.2, 0.25) is 5.95 Å². The molecule has 9 nitrogen and oxygen atoms in total. The zero-order chi connectivity index (χ0) is 20.9. The summed E-state index contributed by atoms with van der Waals surface area (Å²) in [6, 6.07) is 9.28. The Morgan fingerprint density at radius 1 is 1.13 bits per heavy atom. The number of hydrogen-bond donors (Lipinski definition) is 0. The number of likely N-dealkylation sites (tertiary alicyclic amines) is 1. The molecular weight excluding hydrogens is 384 g/mol. The van der Waals surface area contributed by atoms with Crippen molar-refractivity contribution in [2.24, 2.45) is 0 Å². The van der Waals surface area contributed by atoms with E-state index in [0.29, 0.717) is 6.04 Å². The first-order valence-corrected chi connectivity index (χ1v) is 10.4. The highest BCUT2D eigenvalue weighted by atomic mass is 16.6. The third-order valence-corrected chi connectivity index (χ3v) is 5.94. The molecular formula is C21H28N6O3. The second kappa shape index (κ2) is 9.36. The molecule has 4 rings (SSSR count). The normalized spacial score (nSPS) is 18.4. The van der Waals surface area contributed by atoms with Crippen LogP contribution in [0.4, 0.5) is 17.5 Å². The van der Waals surface area contributed by atoms with Crippen LogP contribution in [0.2, 0.25) is 0 Å². The van der Waals surface area contributed by atoms with Gasteiger partial charge >= 0.3 is 0 Å². The number of rotatable bonds is 6. The molecule has 0 aliphatic carbocycles. The maximum atomic E-state index is 10.8. The molecule has 0 unspecified atom stereocenters. The number of hydrogen-bond acceptors (Lipinski definition) is 8. The average molecular weight is 412 g/mol. The monoisotopic (exact) mass is 412 g/mol. The molecule has 0 saturated carbocycles. The number of nitro groups is 1. The highest BCUT2D eigenvalue weighted by molar-refractivity contribution is 5.44. The Balaban J connectivity index is 1.32. The maximum Gasteiger partial charge on any atom is 0.269 e. The third kappa shape index (κ3) is 4.85. The maximum absolute atomic E-state index is 10.8. The SMILES string of the molecule is CN(c1ccnc(N2CCOCC2)n1)C1CCN(Cc2ccc([N+](=O)[O-])cc2)CC1. The molecule has 0 amide bonds. The van der Waals surface area contributed by atoms with E-state index in [0.717, 1.165) is 76.1 Å². The Bertz CT molecular complexity index is 848. The van der Waals surface area contributed by atoms with Crippen molar-refractivity contribution in [1.29, 1.82) is 0 Å². The zero-order valence-corrected chi connectivity index (χ0v) is 17.3. The molecule has 30 heavy (non-hydrogen) atoms. The number of benzene rings is 1. The fourth-order valence-corrected chi connectivity index (χ4v) is 4.08. The molecule has 0 atom stereocenters. The quantitative estimate of drug-likeness (QED) is 0.528. The Morgan fingerprint density at radius 3 is 2.50 bits per heavy atom. The van der Waals surface area contributed by atoms with Crippen LogP contribution in [0.25, 0.3) is 0 Å². The standard InChI is InChI=1S/C21H28N6O3/c1-24(20-6-9-22-21(23-20)26-12-14-30-15-13-26)18-7-10-25(11-8-18)16-17-2-4-19(5-3-17)27(28)29/h2-6,9,18H,7-8,10-16H2,1H3. The summed E-state index contributed by atoms with van der Waals surface area (Å²) < 4.78 is 5.42. The predicted octanol–water partition coefficient (Wildman–Crippen LogP) is 2.32. The van der Waals surface area contributed by atoms with Crippen molar-refractivity contribution in [3.63, 3.8) is 0 Å². The minimum Gasteiger partial charge on any atom is -0.378 e. The van der Waals surface area contributed by atoms with Gasteiger partial charge in [0.1, 0.15) is 5.82 Å². The summed E-state index contributed by atoms with van der Waals surface area (Å²) in [6.45, 7) is 5.90. The van der Waals surface area contributed by atoms with Gasteiger partial charge in [-0.25, -0.2) is 4.98 Å². The lowest BCUT2D eigenvalue weighted by atomic mass is 10.0. The Morgan fingerprint density at radius 2 is 1.83 bits per heavy atom. The second-order valence-corrected chi connectivity index (χ2v) is 7.86. The van der Waals surface area contributed by atoms with Crippen LogP contribution in [-0.4, -0.2) is 72.3 Å². The van der Waals surface area contributed by atoms with E-state index >= 15 is 0 Å². The van der Waals surface area contributed by atoms with Gasteiger partial charge in [-0.2, -0.15) is 4.98 Å². The second-order valence-electron chi connectivity index (χ2n) is 7.86. The number of nitro benzene ring substituents is 1. The molecule has 2 saturated heterocycles. The number of morpholine rings is 1. The van der Waals surface area contributed by atoms with Crippen molar-refractivity contribution in [3.8, 4) is 0 Å². The summed E-state index contributed by atoms with van der Waals surface area (Å²) in [7, 11) is 2.11. The minimum absolute atomic E-state index is 0.139. The lowest BCUT2D eigenvalue weighted by Gasteiger charge is -2.37. The molecule has 160 valence electrons. The highest BCUT2D eigenvalue weighted by Crippen LogP contribution is 2.23. The first-order valence-electron chi connectivity index (χ1n) is 10.4. The van der Waals surface area contributed by atoms with E-state index in [4.69, 9.17) is 9.72 Å². The van der Waals surface area contributed by atoms with E-state index in [1.807, 2.05) is 24.4 Å². The fraction of sp³-hybridized carbons (Fsp3) is 0.524. The van der Waals surface area contributed by atoms with Crippen LogP contribution in [0.15, 0.2) is 36.5 Å². The summed E-state index contributed by atoms with van der Waals surface area (Å²) in [5, 5.41) is 10.8. The summed E-state index contributed by atoms with van der Waals surface area (Å²) in [5.41, 5.74) is 1.25. The lowest BCUT2D eigenvalue weighted by Crippen LogP contribution is -2.43. The van der Waals surface area contributed by atoms with Crippen LogP contribution >= 0.6 is 0 Å². The molecule has 2 aliphatic heterocycles. The van der Waals surface area contributed by atoms with Gasteiger partial charge < -0.3 is 14.5 Å². The van der Waals surface area contributed by atoms with E-state index in [-0.39, 0.29) is 10.6 Å². The Hall–Kier alpha value is -2.78. The average Bonchev–Trinajstić information content (AvgIpc) is 2.80. The van der Waals surface area contributed by atoms with Crippen LogP contribution in [0.1, 0.15) is 18.4 Å². The summed E-state index contributed by atoms with van der Waals surface area (Å²) >= 11 is 0. The van der Waals surface area contributed by atoms with Crippen LogP contribution in [0.3, 0.4) is 0 Å². The molecule has 1 aromatic carbocycles. The largest absolute Gasteiger partial charge is 0.378 e. The van der Waals surface area contributed by atoms with Gasteiger partial charge in [-0.3, -0.25) is 15.0 Å². The molecule has 2 fully saturated rings. The smallest absolute Gasteiger partial charge is 0.269 e. The van der Waals surface area contributed by atoms with Crippen molar-refractivity contribution in [3.05, 3.63) is 52.2 Å². The van der Waals surface area contributed by atoms with E-state index in [1.165, 1.54) is 0 Å². The third-order valence-electron chi connectivity index (χ3n) is 5.94. The molecule has 3 heterocycles. The highest BCUT2D eigenvalue weighted by Gasteiger charge is 2.24. The summed E-state index contributed by atoms with van der Waals surface area (Å²) in [4.78, 5) is 26.5. The van der Waals surface area contributed by atoms with Gasteiger partial charge in [-0.15, -0.1) is 0 Å².